The average molecular weight is 244 g/mol. The molecule has 4 heteroatoms. The number of rotatable bonds is 6. The Hall–Kier alpha value is -0.0600. The van der Waals surface area contributed by atoms with Crippen molar-refractivity contribution in [2.75, 3.05) is 12.8 Å². The van der Waals surface area contributed by atoms with E-state index in [1.165, 1.54) is 10.8 Å². The molecule has 0 aliphatic rings. The first kappa shape index (κ1) is 13.0. The van der Waals surface area contributed by atoms with Crippen LogP contribution in [-0.2, 0) is 0 Å². The molecule has 1 aromatic rings. The predicted molar refractivity (Wildman–Crippen MR) is 69.9 cm³/mol. The van der Waals surface area contributed by atoms with Crippen molar-refractivity contribution in [2.24, 2.45) is 5.92 Å². The summed E-state index contributed by atoms with van der Waals surface area (Å²) in [4.78, 5) is 4.46. The van der Waals surface area contributed by atoms with Crippen LogP contribution in [0.4, 0.5) is 0 Å². The van der Waals surface area contributed by atoms with Gasteiger partial charge in [0.1, 0.15) is 4.34 Å². The molecule has 0 aliphatic carbocycles. The summed E-state index contributed by atoms with van der Waals surface area (Å²) in [6, 6.07) is 0.587. The fraction of sp³-hybridized carbons (Fsp3) is 0.727. The molecule has 2 atom stereocenters. The molecule has 1 N–H and O–H groups in total. The van der Waals surface area contributed by atoms with Crippen LogP contribution in [0.1, 0.15) is 26.0 Å². The van der Waals surface area contributed by atoms with Gasteiger partial charge in [-0.3, -0.25) is 0 Å². The molecule has 2 nitrogen and oxygen atoms in total. The smallest absolute Gasteiger partial charge is 0.150 e. The second-order valence-electron chi connectivity index (χ2n) is 3.85. The van der Waals surface area contributed by atoms with Gasteiger partial charge in [-0.2, -0.15) is 0 Å². The van der Waals surface area contributed by atoms with E-state index in [9.17, 15) is 0 Å². The lowest BCUT2D eigenvalue weighted by Crippen LogP contribution is -2.34. The van der Waals surface area contributed by atoms with E-state index in [1.54, 1.807) is 11.3 Å². The van der Waals surface area contributed by atoms with Crippen LogP contribution in [0.3, 0.4) is 0 Å². The number of thioether (sulfide) groups is 1. The molecule has 0 saturated heterocycles. The maximum absolute atomic E-state index is 4.46. The third-order valence-corrected chi connectivity index (χ3v) is 4.94. The standard InChI is InChI=1S/C11H20N2S2/c1-5-8(2)10(12-4)7-15-11-13-9(3)6-14-11/h6,8,10,12H,5,7H2,1-4H3. The van der Waals surface area contributed by atoms with Crippen LogP contribution in [0.5, 0.6) is 0 Å². The van der Waals surface area contributed by atoms with Gasteiger partial charge < -0.3 is 5.32 Å². The monoisotopic (exact) mass is 244 g/mol. The molecule has 0 amide bonds. The number of aromatic nitrogens is 1. The number of hydrogen-bond acceptors (Lipinski definition) is 4. The van der Waals surface area contributed by atoms with Crippen LogP contribution < -0.4 is 5.32 Å². The fourth-order valence-corrected chi connectivity index (χ4v) is 3.54. The Balaban J connectivity index is 2.40. The Labute approximate surface area is 101 Å². The summed E-state index contributed by atoms with van der Waals surface area (Å²) in [7, 11) is 2.05. The van der Waals surface area contributed by atoms with Crippen molar-refractivity contribution in [3.63, 3.8) is 0 Å². The molecule has 0 saturated carbocycles. The average Bonchev–Trinajstić information content (AvgIpc) is 2.64. The lowest BCUT2D eigenvalue weighted by atomic mass is 10.0. The van der Waals surface area contributed by atoms with Gasteiger partial charge in [-0.05, 0) is 19.9 Å². The molecule has 15 heavy (non-hydrogen) atoms. The van der Waals surface area contributed by atoms with Crippen LogP contribution in [0, 0.1) is 12.8 Å². The quantitative estimate of drug-likeness (QED) is 0.778. The number of hydrogen-bond donors (Lipinski definition) is 1. The van der Waals surface area contributed by atoms with E-state index in [0.717, 1.165) is 17.4 Å². The van der Waals surface area contributed by atoms with Gasteiger partial charge in [-0.1, -0.05) is 32.0 Å². The summed E-state index contributed by atoms with van der Waals surface area (Å²) >= 11 is 3.61. The number of nitrogens with zero attached hydrogens (tertiary/aromatic N) is 1. The Morgan fingerprint density at radius 2 is 2.33 bits per heavy atom. The minimum atomic E-state index is 0.587. The number of nitrogens with one attached hydrogen (secondary N) is 1. The summed E-state index contributed by atoms with van der Waals surface area (Å²) in [5.74, 6) is 1.84. The second kappa shape index (κ2) is 6.51. The third-order valence-electron chi connectivity index (χ3n) is 2.69. The normalized spacial score (nSPS) is 15.2. The van der Waals surface area contributed by atoms with Gasteiger partial charge in [0.25, 0.3) is 0 Å². The lowest BCUT2D eigenvalue weighted by Gasteiger charge is -2.21. The second-order valence-corrected chi connectivity index (χ2v) is 5.97. The zero-order chi connectivity index (χ0) is 11.3. The predicted octanol–water partition coefficient (Wildman–Crippen LogP) is 3.18. The number of aryl methyl sites for hydroxylation is 1. The number of thiazole rings is 1. The van der Waals surface area contributed by atoms with E-state index in [1.807, 2.05) is 25.7 Å². The summed E-state index contributed by atoms with van der Waals surface area (Å²) in [6.07, 6.45) is 1.23. The molecule has 0 radical (unpaired) electrons. The first-order chi connectivity index (χ1) is 7.17. The van der Waals surface area contributed by atoms with Crippen LogP contribution in [0.15, 0.2) is 9.72 Å². The lowest BCUT2D eigenvalue weighted by molar-refractivity contribution is 0.420. The zero-order valence-electron chi connectivity index (χ0n) is 9.91. The Morgan fingerprint density at radius 1 is 1.60 bits per heavy atom. The van der Waals surface area contributed by atoms with Gasteiger partial charge in [-0.15, -0.1) is 11.3 Å². The summed E-state index contributed by atoms with van der Waals surface area (Å²) in [6.45, 7) is 6.59. The Bertz CT molecular complexity index is 286. The summed E-state index contributed by atoms with van der Waals surface area (Å²) in [5, 5.41) is 5.50. The first-order valence-electron chi connectivity index (χ1n) is 5.39. The summed E-state index contributed by atoms with van der Waals surface area (Å²) < 4.78 is 1.19. The van der Waals surface area contributed by atoms with E-state index < -0.39 is 0 Å². The van der Waals surface area contributed by atoms with Crippen LogP contribution >= 0.6 is 23.1 Å². The molecule has 0 aromatic carbocycles. The van der Waals surface area contributed by atoms with Crippen LogP contribution in [0.25, 0.3) is 0 Å². The fourth-order valence-electron chi connectivity index (χ4n) is 1.38. The molecule has 2 unspecified atom stereocenters. The Kier molecular flexibility index (Phi) is 5.64. The molecule has 0 aliphatic heterocycles. The minimum absolute atomic E-state index is 0.587. The molecule has 0 bridgehead atoms. The van der Waals surface area contributed by atoms with Gasteiger partial charge in [-0.25, -0.2) is 4.98 Å². The maximum atomic E-state index is 4.46. The van der Waals surface area contributed by atoms with Crippen molar-refractivity contribution in [2.45, 2.75) is 37.6 Å². The van der Waals surface area contributed by atoms with Crippen molar-refractivity contribution in [3.05, 3.63) is 11.1 Å². The van der Waals surface area contributed by atoms with Gasteiger partial charge in [0.05, 0.1) is 0 Å². The van der Waals surface area contributed by atoms with Crippen molar-refractivity contribution in [1.82, 2.24) is 10.3 Å². The zero-order valence-corrected chi connectivity index (χ0v) is 11.5. The molecule has 1 heterocycles. The highest BCUT2D eigenvalue weighted by atomic mass is 32.2. The molecular weight excluding hydrogens is 224 g/mol. The highest BCUT2D eigenvalue weighted by Crippen LogP contribution is 2.24. The van der Waals surface area contributed by atoms with Crippen LogP contribution in [0.2, 0.25) is 0 Å². The molecule has 0 fully saturated rings. The third kappa shape index (κ3) is 4.13. The summed E-state index contributed by atoms with van der Waals surface area (Å²) in [5.41, 5.74) is 1.13. The minimum Gasteiger partial charge on any atom is -0.316 e. The first-order valence-corrected chi connectivity index (χ1v) is 7.26. The van der Waals surface area contributed by atoms with Crippen molar-refractivity contribution >= 4 is 23.1 Å². The van der Waals surface area contributed by atoms with Crippen molar-refractivity contribution in [3.8, 4) is 0 Å². The highest BCUT2D eigenvalue weighted by molar-refractivity contribution is 8.01. The highest BCUT2D eigenvalue weighted by Gasteiger charge is 2.14. The van der Waals surface area contributed by atoms with Crippen LogP contribution in [-0.4, -0.2) is 23.8 Å². The van der Waals surface area contributed by atoms with Gasteiger partial charge in [0, 0.05) is 22.9 Å². The largest absolute Gasteiger partial charge is 0.316 e. The van der Waals surface area contributed by atoms with E-state index in [4.69, 9.17) is 0 Å². The Morgan fingerprint density at radius 3 is 2.80 bits per heavy atom. The van der Waals surface area contributed by atoms with E-state index in [-0.39, 0.29) is 0 Å². The van der Waals surface area contributed by atoms with Gasteiger partial charge >= 0.3 is 0 Å². The molecule has 0 spiro atoms. The SMILES string of the molecule is CCC(C)C(CSc1nc(C)cs1)NC. The van der Waals surface area contributed by atoms with Crippen molar-refractivity contribution < 1.29 is 0 Å². The molecular formula is C11H20N2S2. The van der Waals surface area contributed by atoms with Gasteiger partial charge in [0.15, 0.2) is 0 Å². The van der Waals surface area contributed by atoms with E-state index in [2.05, 4.69) is 29.5 Å². The topological polar surface area (TPSA) is 24.9 Å². The van der Waals surface area contributed by atoms with Crippen molar-refractivity contribution in [1.29, 1.82) is 0 Å². The van der Waals surface area contributed by atoms with E-state index in [0.29, 0.717) is 6.04 Å². The maximum Gasteiger partial charge on any atom is 0.150 e. The molecule has 86 valence electrons. The molecule has 1 rings (SSSR count). The molecule has 1 aromatic heterocycles. The van der Waals surface area contributed by atoms with Gasteiger partial charge in [0.2, 0.25) is 0 Å². The van der Waals surface area contributed by atoms with E-state index >= 15 is 0 Å².